The number of aliphatic imine (C=N–C) groups is 1. The number of hydrogen-bond acceptors (Lipinski definition) is 8. The lowest BCUT2D eigenvalue weighted by molar-refractivity contribution is 0.122. The highest BCUT2D eigenvalue weighted by Crippen LogP contribution is 2.24. The van der Waals surface area contributed by atoms with Crippen LogP contribution in [0.15, 0.2) is 90.3 Å². The maximum absolute atomic E-state index is 5.48. The minimum absolute atomic E-state index is 0.558. The van der Waals surface area contributed by atoms with Crippen LogP contribution in [0.3, 0.4) is 0 Å². The molecule has 0 amide bonds. The third-order valence-corrected chi connectivity index (χ3v) is 6.07. The molecule has 6 rings (SSSR count). The number of anilines is 2. The third-order valence-electron chi connectivity index (χ3n) is 6.07. The van der Waals surface area contributed by atoms with E-state index in [9.17, 15) is 0 Å². The van der Waals surface area contributed by atoms with Crippen LogP contribution in [0.5, 0.6) is 0 Å². The number of nitrogens with zero attached hydrogens (tertiary/aromatic N) is 8. The summed E-state index contributed by atoms with van der Waals surface area (Å²) in [6.45, 7) is 3.95. The molecular weight excluding hydrogens is 440 g/mol. The zero-order valence-corrected chi connectivity index (χ0v) is 19.1. The lowest BCUT2D eigenvalue weighted by Gasteiger charge is -2.29. The number of ether oxygens (including phenoxy) is 1. The minimum Gasteiger partial charge on any atom is -0.378 e. The maximum Gasteiger partial charge on any atom is 0.205 e. The van der Waals surface area contributed by atoms with Crippen molar-refractivity contribution in [3.63, 3.8) is 0 Å². The second kappa shape index (κ2) is 9.47. The Labute approximate surface area is 203 Å². The fraction of sp³-hybridized carbons (Fsp3) is 0.192. The Balaban J connectivity index is 1.14. The molecule has 0 spiro atoms. The number of allylic oxidation sites excluding steroid dienone is 1. The lowest BCUT2D eigenvalue weighted by Crippen LogP contribution is -2.36. The van der Waals surface area contributed by atoms with Gasteiger partial charge < -0.3 is 14.5 Å². The van der Waals surface area contributed by atoms with Crippen LogP contribution < -0.4 is 9.80 Å². The predicted molar refractivity (Wildman–Crippen MR) is 135 cm³/mol. The first-order valence-corrected chi connectivity index (χ1v) is 11.6. The quantitative estimate of drug-likeness (QED) is 0.448. The van der Waals surface area contributed by atoms with Crippen LogP contribution in [-0.2, 0) is 4.74 Å². The summed E-state index contributed by atoms with van der Waals surface area (Å²) < 4.78 is 5.48. The number of rotatable bonds is 5. The molecule has 1 fully saturated rings. The second-order valence-corrected chi connectivity index (χ2v) is 8.28. The summed E-state index contributed by atoms with van der Waals surface area (Å²) in [6, 6.07) is 20.4. The molecule has 9 nitrogen and oxygen atoms in total. The molecular formula is C26H24N8O. The van der Waals surface area contributed by atoms with E-state index in [1.54, 1.807) is 12.4 Å². The molecule has 2 aromatic carbocycles. The number of morpholine rings is 1. The topological polar surface area (TPSA) is 84.6 Å². The predicted octanol–water partition coefficient (Wildman–Crippen LogP) is 3.34. The summed E-state index contributed by atoms with van der Waals surface area (Å²) >= 11 is 0. The molecule has 0 radical (unpaired) electrons. The van der Waals surface area contributed by atoms with Gasteiger partial charge in [-0.3, -0.25) is 9.98 Å². The van der Waals surface area contributed by atoms with Crippen molar-refractivity contribution in [1.82, 2.24) is 25.2 Å². The normalized spacial score (nSPS) is 15.8. The molecule has 2 aromatic heterocycles. The van der Waals surface area contributed by atoms with Crippen molar-refractivity contribution in [2.75, 3.05) is 42.8 Å². The van der Waals surface area contributed by atoms with Crippen molar-refractivity contribution in [2.45, 2.75) is 0 Å². The highest BCUT2D eigenvalue weighted by molar-refractivity contribution is 6.10. The summed E-state index contributed by atoms with van der Waals surface area (Å²) in [6.07, 6.45) is 7.56. The van der Waals surface area contributed by atoms with Gasteiger partial charge in [-0.05, 0) is 59.8 Å². The fourth-order valence-corrected chi connectivity index (χ4v) is 4.16. The van der Waals surface area contributed by atoms with E-state index in [0.29, 0.717) is 12.5 Å². The van der Waals surface area contributed by atoms with Crippen LogP contribution in [0.4, 0.5) is 11.4 Å². The van der Waals surface area contributed by atoms with Gasteiger partial charge >= 0.3 is 0 Å². The van der Waals surface area contributed by atoms with Crippen LogP contribution in [0.1, 0.15) is 5.56 Å². The first kappa shape index (κ1) is 21.2. The van der Waals surface area contributed by atoms with Crippen molar-refractivity contribution in [3.8, 4) is 17.1 Å². The van der Waals surface area contributed by atoms with Crippen molar-refractivity contribution in [3.05, 3.63) is 90.9 Å². The molecule has 35 heavy (non-hydrogen) atoms. The van der Waals surface area contributed by atoms with E-state index in [1.165, 1.54) is 10.5 Å². The van der Waals surface area contributed by atoms with Gasteiger partial charge in [-0.15, -0.1) is 15.0 Å². The van der Waals surface area contributed by atoms with E-state index in [1.807, 2.05) is 36.4 Å². The number of aromatic nitrogens is 5. The van der Waals surface area contributed by atoms with Crippen LogP contribution in [0.25, 0.3) is 17.1 Å². The van der Waals surface area contributed by atoms with E-state index in [4.69, 9.17) is 9.73 Å². The second-order valence-electron chi connectivity index (χ2n) is 8.28. The molecule has 0 N–H and O–H groups in total. The molecule has 4 heterocycles. The monoisotopic (exact) mass is 464 g/mol. The molecule has 2 aliphatic rings. The standard InChI is InChI=1S/C26H24N8O/c1-3-21(17-23(4-1)32-13-15-35-16-14-32)25-10-12-33(19-28-25)22-8-6-20(7-9-22)26-29-31-34(30-26)24-5-2-11-27-18-24/h1-12,17-18H,13-16,19H2. The smallest absolute Gasteiger partial charge is 0.205 e. The van der Waals surface area contributed by atoms with Gasteiger partial charge in [0.1, 0.15) is 12.4 Å². The molecule has 0 unspecified atom stereocenters. The van der Waals surface area contributed by atoms with Gasteiger partial charge in [-0.25, -0.2) is 0 Å². The summed E-state index contributed by atoms with van der Waals surface area (Å²) in [5, 5.41) is 12.8. The molecule has 0 atom stereocenters. The Morgan fingerprint density at radius 3 is 2.46 bits per heavy atom. The van der Waals surface area contributed by atoms with Crippen molar-refractivity contribution in [2.24, 2.45) is 4.99 Å². The zero-order chi connectivity index (χ0) is 23.5. The first-order valence-electron chi connectivity index (χ1n) is 11.6. The van der Waals surface area contributed by atoms with Gasteiger partial charge in [0.25, 0.3) is 0 Å². The van der Waals surface area contributed by atoms with Crippen LogP contribution in [0.2, 0.25) is 0 Å². The first-order chi connectivity index (χ1) is 17.3. The van der Waals surface area contributed by atoms with Crippen molar-refractivity contribution >= 4 is 17.1 Å². The molecule has 0 aliphatic carbocycles. The highest BCUT2D eigenvalue weighted by atomic mass is 16.5. The average Bonchev–Trinajstić information content (AvgIpc) is 3.45. The Bertz CT molecular complexity index is 1360. The summed E-state index contributed by atoms with van der Waals surface area (Å²) in [5.74, 6) is 0.565. The van der Waals surface area contributed by atoms with Gasteiger partial charge in [0.2, 0.25) is 5.82 Å². The summed E-state index contributed by atoms with van der Waals surface area (Å²) in [4.78, 5) is 14.9. The number of tetrazole rings is 1. The summed E-state index contributed by atoms with van der Waals surface area (Å²) in [7, 11) is 0. The van der Waals surface area contributed by atoms with Crippen molar-refractivity contribution in [1.29, 1.82) is 0 Å². The lowest BCUT2D eigenvalue weighted by atomic mass is 10.1. The molecule has 1 saturated heterocycles. The SMILES string of the molecule is C1=CN(c2ccc(-c3nnn(-c4cccnc4)n3)cc2)CN=C1c1cccc(N2CCOCC2)c1. The van der Waals surface area contributed by atoms with Gasteiger partial charge in [-0.2, -0.15) is 0 Å². The van der Waals surface area contributed by atoms with Gasteiger partial charge in [0, 0.05) is 48.0 Å². The highest BCUT2D eigenvalue weighted by Gasteiger charge is 2.15. The van der Waals surface area contributed by atoms with Crippen LogP contribution in [0, 0.1) is 0 Å². The summed E-state index contributed by atoms with van der Waals surface area (Å²) in [5.41, 5.74) is 6.05. The van der Waals surface area contributed by atoms with Crippen LogP contribution >= 0.6 is 0 Å². The molecule has 0 saturated carbocycles. The number of hydrogen-bond donors (Lipinski definition) is 0. The number of pyridine rings is 1. The Morgan fingerprint density at radius 2 is 1.69 bits per heavy atom. The van der Waals surface area contributed by atoms with E-state index in [2.05, 4.69) is 66.7 Å². The fourth-order valence-electron chi connectivity index (χ4n) is 4.16. The third kappa shape index (κ3) is 4.53. The van der Waals surface area contributed by atoms with Gasteiger partial charge in [-0.1, -0.05) is 12.1 Å². The van der Waals surface area contributed by atoms with E-state index in [0.717, 1.165) is 54.5 Å². The van der Waals surface area contributed by atoms with Crippen LogP contribution in [-0.4, -0.2) is 63.9 Å². The van der Waals surface area contributed by atoms with E-state index in [-0.39, 0.29) is 0 Å². The molecule has 9 heteroatoms. The Kier molecular flexibility index (Phi) is 5.73. The number of benzene rings is 2. The van der Waals surface area contributed by atoms with Crippen molar-refractivity contribution < 1.29 is 4.74 Å². The zero-order valence-electron chi connectivity index (χ0n) is 19.1. The van der Waals surface area contributed by atoms with E-state index < -0.39 is 0 Å². The largest absolute Gasteiger partial charge is 0.378 e. The maximum atomic E-state index is 5.48. The average molecular weight is 465 g/mol. The minimum atomic E-state index is 0.558. The Hall–Kier alpha value is -4.37. The van der Waals surface area contributed by atoms with Gasteiger partial charge in [0.05, 0.1) is 25.1 Å². The van der Waals surface area contributed by atoms with E-state index >= 15 is 0 Å². The molecule has 2 aliphatic heterocycles. The molecule has 0 bridgehead atoms. The Morgan fingerprint density at radius 1 is 0.829 bits per heavy atom. The molecule has 174 valence electrons. The molecule has 4 aromatic rings. The van der Waals surface area contributed by atoms with Gasteiger partial charge in [0.15, 0.2) is 0 Å².